The highest BCUT2D eigenvalue weighted by Gasteiger charge is 2.48. The molecule has 2 heterocycles. The second-order valence-electron chi connectivity index (χ2n) is 6.79. The maximum atomic E-state index is 12.9. The van der Waals surface area contributed by atoms with Gasteiger partial charge in [0.05, 0.1) is 10.4 Å². The van der Waals surface area contributed by atoms with Crippen molar-refractivity contribution in [2.45, 2.75) is 25.3 Å². The Morgan fingerprint density at radius 2 is 1.71 bits per heavy atom. The van der Waals surface area contributed by atoms with Crippen molar-refractivity contribution in [2.75, 3.05) is 26.2 Å². The van der Waals surface area contributed by atoms with Crippen LogP contribution in [-0.2, 0) is 4.79 Å². The van der Waals surface area contributed by atoms with E-state index in [2.05, 4.69) is 12.1 Å². The third kappa shape index (κ3) is 2.50. The van der Waals surface area contributed by atoms with Gasteiger partial charge >= 0.3 is 0 Å². The van der Waals surface area contributed by atoms with Gasteiger partial charge in [-0.05, 0) is 36.8 Å². The van der Waals surface area contributed by atoms with E-state index in [1.54, 1.807) is 11.3 Å². The number of carbonyl (C=O) groups excluding carboxylic acids is 2. The van der Waals surface area contributed by atoms with Crippen molar-refractivity contribution in [2.24, 2.45) is 5.73 Å². The van der Waals surface area contributed by atoms with Crippen LogP contribution in [0.1, 0.15) is 28.1 Å². The molecule has 0 unspecified atom stereocenters. The van der Waals surface area contributed by atoms with E-state index in [9.17, 15) is 9.59 Å². The van der Waals surface area contributed by atoms with Crippen LogP contribution in [0.25, 0.3) is 10.1 Å². The Hall–Kier alpha value is -1.92. The van der Waals surface area contributed by atoms with Crippen LogP contribution in [0.4, 0.5) is 0 Å². The zero-order chi connectivity index (χ0) is 16.9. The topological polar surface area (TPSA) is 66.6 Å². The summed E-state index contributed by atoms with van der Waals surface area (Å²) in [5, 5.41) is 1.15. The van der Waals surface area contributed by atoms with Gasteiger partial charge < -0.3 is 15.5 Å². The lowest BCUT2D eigenvalue weighted by Gasteiger charge is -2.36. The molecule has 1 aromatic carbocycles. The van der Waals surface area contributed by atoms with E-state index in [1.807, 2.05) is 28.9 Å². The summed E-state index contributed by atoms with van der Waals surface area (Å²) in [6.07, 6.45) is 1.57. The molecule has 2 aromatic rings. The monoisotopic (exact) mass is 343 g/mol. The van der Waals surface area contributed by atoms with Gasteiger partial charge in [-0.25, -0.2) is 0 Å². The number of amides is 2. The predicted octanol–water partition coefficient (Wildman–Crippen LogP) is 1.99. The van der Waals surface area contributed by atoms with E-state index in [0.717, 1.165) is 33.4 Å². The summed E-state index contributed by atoms with van der Waals surface area (Å²) in [5.41, 5.74) is 6.44. The smallest absolute Gasteiger partial charge is 0.264 e. The summed E-state index contributed by atoms with van der Waals surface area (Å²) in [6, 6.07) is 8.11. The molecule has 1 aromatic heterocycles. The second kappa shape index (κ2) is 5.57. The molecule has 2 N–H and O–H groups in total. The van der Waals surface area contributed by atoms with Gasteiger partial charge in [-0.1, -0.05) is 18.2 Å². The fraction of sp³-hybridized carbons (Fsp3) is 0.444. The second-order valence-corrected chi connectivity index (χ2v) is 7.85. The molecule has 1 saturated heterocycles. The molecule has 126 valence electrons. The fourth-order valence-corrected chi connectivity index (χ4v) is 4.48. The largest absolute Gasteiger partial charge is 0.338 e. The van der Waals surface area contributed by atoms with Gasteiger partial charge in [0, 0.05) is 30.9 Å². The molecule has 0 atom stereocenters. The maximum absolute atomic E-state index is 12.9. The van der Waals surface area contributed by atoms with Gasteiger partial charge in [0.2, 0.25) is 5.91 Å². The number of thiophene rings is 1. The number of hydrogen-bond donors (Lipinski definition) is 1. The Kier molecular flexibility index (Phi) is 3.62. The van der Waals surface area contributed by atoms with Gasteiger partial charge in [-0.15, -0.1) is 11.3 Å². The minimum Gasteiger partial charge on any atom is -0.338 e. The zero-order valence-electron chi connectivity index (χ0n) is 13.7. The Morgan fingerprint density at radius 3 is 2.33 bits per heavy atom. The molecule has 24 heavy (non-hydrogen) atoms. The minimum absolute atomic E-state index is 0.0487. The quantitative estimate of drug-likeness (QED) is 0.907. The molecule has 1 saturated carbocycles. The van der Waals surface area contributed by atoms with E-state index in [4.69, 9.17) is 5.73 Å². The summed E-state index contributed by atoms with van der Waals surface area (Å²) in [5.74, 6) is 0.127. The maximum Gasteiger partial charge on any atom is 0.264 e. The Labute approximate surface area is 145 Å². The number of carbonyl (C=O) groups is 2. The van der Waals surface area contributed by atoms with E-state index in [1.165, 1.54) is 0 Å². The van der Waals surface area contributed by atoms with Crippen LogP contribution in [0.5, 0.6) is 0 Å². The molecular formula is C18H21N3O2S. The molecule has 6 heteroatoms. The van der Waals surface area contributed by atoms with Crippen molar-refractivity contribution >= 4 is 33.2 Å². The number of nitrogens with two attached hydrogens (primary N) is 1. The van der Waals surface area contributed by atoms with Crippen LogP contribution >= 0.6 is 11.3 Å². The summed E-state index contributed by atoms with van der Waals surface area (Å²) in [6.45, 7) is 4.32. The van der Waals surface area contributed by atoms with Crippen molar-refractivity contribution in [1.29, 1.82) is 0 Å². The molecule has 1 aliphatic carbocycles. The van der Waals surface area contributed by atoms with E-state index in [-0.39, 0.29) is 11.8 Å². The van der Waals surface area contributed by atoms with Crippen LogP contribution in [-0.4, -0.2) is 53.3 Å². The average molecular weight is 343 g/mol. The van der Waals surface area contributed by atoms with Crippen molar-refractivity contribution in [3.63, 3.8) is 0 Å². The molecule has 0 radical (unpaired) electrons. The molecule has 2 fully saturated rings. The van der Waals surface area contributed by atoms with Crippen LogP contribution in [0.3, 0.4) is 0 Å². The molecular weight excluding hydrogens is 322 g/mol. The number of nitrogens with zero attached hydrogens (tertiary/aromatic N) is 2. The van der Waals surface area contributed by atoms with Gasteiger partial charge in [0.1, 0.15) is 0 Å². The minimum atomic E-state index is -0.617. The lowest BCUT2D eigenvalue weighted by Crippen LogP contribution is -2.55. The molecule has 5 nitrogen and oxygen atoms in total. The number of hydrogen-bond acceptors (Lipinski definition) is 4. The SMILES string of the molecule is Cc1c(C(=O)N2CCN(C(=O)C3(N)CC3)CC2)sc2ccccc12. The number of piperazine rings is 1. The van der Waals surface area contributed by atoms with Crippen molar-refractivity contribution in [3.05, 3.63) is 34.7 Å². The third-order valence-corrected chi connectivity index (χ3v) is 6.37. The Bertz CT molecular complexity index is 817. The summed E-state index contributed by atoms with van der Waals surface area (Å²) < 4.78 is 1.14. The third-order valence-electron chi connectivity index (χ3n) is 5.11. The Balaban J connectivity index is 1.48. The van der Waals surface area contributed by atoms with Crippen LogP contribution in [0, 0.1) is 6.92 Å². The standard InChI is InChI=1S/C18H21N3O2S/c1-12-13-4-2-3-5-14(13)24-15(12)16(22)20-8-10-21(11-9-20)17(23)18(19)6-7-18/h2-5H,6-11,19H2,1H3. The van der Waals surface area contributed by atoms with E-state index in [0.29, 0.717) is 26.2 Å². The van der Waals surface area contributed by atoms with Crippen molar-refractivity contribution < 1.29 is 9.59 Å². The fourth-order valence-electron chi connectivity index (χ4n) is 3.30. The first kappa shape index (κ1) is 15.6. The highest BCUT2D eigenvalue weighted by molar-refractivity contribution is 7.21. The summed E-state index contributed by atoms with van der Waals surface area (Å²) >= 11 is 1.56. The average Bonchev–Trinajstić information content (AvgIpc) is 3.28. The number of benzene rings is 1. The molecule has 2 amide bonds. The zero-order valence-corrected chi connectivity index (χ0v) is 14.6. The first-order valence-corrected chi connectivity index (χ1v) is 9.17. The van der Waals surface area contributed by atoms with Crippen molar-refractivity contribution in [1.82, 2.24) is 9.80 Å². The molecule has 4 rings (SSSR count). The first-order chi connectivity index (χ1) is 11.5. The normalized spacial score (nSPS) is 19.6. The van der Waals surface area contributed by atoms with Crippen LogP contribution in [0.2, 0.25) is 0 Å². The van der Waals surface area contributed by atoms with Gasteiger partial charge in [-0.3, -0.25) is 9.59 Å². The highest BCUT2D eigenvalue weighted by atomic mass is 32.1. The number of rotatable bonds is 2. The summed E-state index contributed by atoms with van der Waals surface area (Å²) in [7, 11) is 0. The van der Waals surface area contributed by atoms with Gasteiger partial charge in [0.25, 0.3) is 5.91 Å². The van der Waals surface area contributed by atoms with Crippen LogP contribution in [0.15, 0.2) is 24.3 Å². The van der Waals surface area contributed by atoms with Gasteiger partial charge in [-0.2, -0.15) is 0 Å². The molecule has 0 spiro atoms. The summed E-state index contributed by atoms with van der Waals surface area (Å²) in [4.78, 5) is 29.7. The highest BCUT2D eigenvalue weighted by Crippen LogP contribution is 2.35. The molecule has 1 aliphatic heterocycles. The predicted molar refractivity (Wildman–Crippen MR) is 95.2 cm³/mol. The van der Waals surface area contributed by atoms with Crippen molar-refractivity contribution in [3.8, 4) is 0 Å². The number of aryl methyl sites for hydroxylation is 1. The van der Waals surface area contributed by atoms with Gasteiger partial charge in [0.15, 0.2) is 0 Å². The van der Waals surface area contributed by atoms with E-state index < -0.39 is 5.54 Å². The Morgan fingerprint density at radius 1 is 1.08 bits per heavy atom. The van der Waals surface area contributed by atoms with Crippen LogP contribution < -0.4 is 5.73 Å². The number of fused-ring (bicyclic) bond motifs is 1. The first-order valence-electron chi connectivity index (χ1n) is 8.35. The van der Waals surface area contributed by atoms with E-state index >= 15 is 0 Å². The lowest BCUT2D eigenvalue weighted by molar-refractivity contribution is -0.135. The lowest BCUT2D eigenvalue weighted by atomic mass is 10.1. The molecule has 2 aliphatic rings. The molecule has 0 bridgehead atoms.